The molecule has 160 valence electrons. The molecule has 0 saturated carbocycles. The molecule has 0 spiro atoms. The summed E-state index contributed by atoms with van der Waals surface area (Å²) in [5.74, 6) is -0.521. The number of carbonyl (C=O) groups is 1. The molecule has 1 aliphatic heterocycles. The van der Waals surface area contributed by atoms with Gasteiger partial charge < -0.3 is 15.2 Å². The van der Waals surface area contributed by atoms with Gasteiger partial charge in [0.05, 0.1) is 17.6 Å². The minimum atomic E-state index is -3.95. The van der Waals surface area contributed by atoms with Gasteiger partial charge in [0.15, 0.2) is 0 Å². The zero-order valence-electron chi connectivity index (χ0n) is 16.4. The van der Waals surface area contributed by atoms with Gasteiger partial charge in [-0.3, -0.25) is 0 Å². The average Bonchev–Trinajstić information content (AvgIpc) is 3.11. The van der Waals surface area contributed by atoms with Gasteiger partial charge in [-0.2, -0.15) is 4.72 Å². The van der Waals surface area contributed by atoms with Crippen molar-refractivity contribution in [1.29, 1.82) is 0 Å². The predicted molar refractivity (Wildman–Crippen MR) is 117 cm³/mol. The van der Waals surface area contributed by atoms with Crippen molar-refractivity contribution in [1.82, 2.24) is 4.72 Å². The molecule has 4 rings (SSSR count). The third-order valence-electron chi connectivity index (χ3n) is 5.17. The molecule has 31 heavy (non-hydrogen) atoms. The maximum absolute atomic E-state index is 13.2. The molecular weight excluding hydrogens is 440 g/mol. The van der Waals surface area contributed by atoms with Crippen molar-refractivity contribution >= 4 is 33.3 Å². The van der Waals surface area contributed by atoms with Crippen LogP contribution in [0.2, 0.25) is 5.02 Å². The van der Waals surface area contributed by atoms with Crippen LogP contribution in [0.15, 0.2) is 71.6 Å². The first kappa shape index (κ1) is 21.2. The number of hydrogen-bond donors (Lipinski definition) is 3. The fourth-order valence-electron chi connectivity index (χ4n) is 3.63. The van der Waals surface area contributed by atoms with Crippen LogP contribution < -0.4 is 14.8 Å². The van der Waals surface area contributed by atoms with Crippen molar-refractivity contribution in [3.8, 4) is 5.75 Å². The van der Waals surface area contributed by atoms with E-state index in [4.69, 9.17) is 16.3 Å². The molecule has 3 aromatic carbocycles. The first-order chi connectivity index (χ1) is 14.7. The molecule has 1 atom stereocenters. The molecule has 3 aromatic rings. The average molecular weight is 459 g/mol. The fraction of sp³-hybridized carbons (Fsp3) is 0.136. The van der Waals surface area contributed by atoms with E-state index in [1.807, 2.05) is 0 Å². The number of halogens is 1. The summed E-state index contributed by atoms with van der Waals surface area (Å²) in [7, 11) is -2.44. The predicted octanol–water partition coefficient (Wildman–Crippen LogP) is 3.85. The maximum Gasteiger partial charge on any atom is 0.335 e. The number of carboxylic acids is 1. The molecular formula is C22H19ClN2O5S. The molecule has 0 fully saturated rings. The summed E-state index contributed by atoms with van der Waals surface area (Å²) in [5.41, 5.74) is 1.04. The number of sulfonamides is 1. The van der Waals surface area contributed by atoms with Crippen molar-refractivity contribution in [2.75, 3.05) is 12.4 Å². The van der Waals surface area contributed by atoms with Gasteiger partial charge in [-0.25, -0.2) is 13.2 Å². The third-order valence-corrected chi connectivity index (χ3v) is 6.92. The second kappa shape index (κ2) is 7.88. The lowest BCUT2D eigenvalue weighted by Crippen LogP contribution is -2.50. The van der Waals surface area contributed by atoms with E-state index >= 15 is 0 Å². The number of methoxy groups -OCH3 is 1. The number of fused-ring (bicyclic) bond motifs is 1. The summed E-state index contributed by atoms with van der Waals surface area (Å²) in [6.45, 7) is 0. The Kier molecular flexibility index (Phi) is 5.38. The summed E-state index contributed by atoms with van der Waals surface area (Å²) >= 11 is 6.13. The number of anilines is 1. The van der Waals surface area contributed by atoms with Gasteiger partial charge in [-0.1, -0.05) is 23.7 Å². The van der Waals surface area contributed by atoms with Crippen LogP contribution >= 0.6 is 11.6 Å². The van der Waals surface area contributed by atoms with Gasteiger partial charge in [0.25, 0.3) is 0 Å². The summed E-state index contributed by atoms with van der Waals surface area (Å²) in [4.78, 5) is 11.3. The second-order valence-corrected chi connectivity index (χ2v) is 9.29. The van der Waals surface area contributed by atoms with Gasteiger partial charge in [-0.15, -0.1) is 0 Å². The summed E-state index contributed by atoms with van der Waals surface area (Å²) in [6.07, 6.45) is 0.282. The number of aromatic carboxylic acids is 1. The molecule has 0 aliphatic carbocycles. The molecule has 0 bridgehead atoms. The molecule has 3 N–H and O–H groups in total. The normalized spacial score (nSPS) is 17.6. The van der Waals surface area contributed by atoms with Crippen LogP contribution in [0.5, 0.6) is 5.75 Å². The first-order valence-corrected chi connectivity index (χ1v) is 11.2. The van der Waals surface area contributed by atoms with E-state index < -0.39 is 21.7 Å². The quantitative estimate of drug-likeness (QED) is 0.518. The van der Waals surface area contributed by atoms with E-state index in [1.165, 1.54) is 31.4 Å². The van der Waals surface area contributed by atoms with Gasteiger partial charge >= 0.3 is 5.97 Å². The summed E-state index contributed by atoms with van der Waals surface area (Å²) in [6, 6.07) is 17.4. The molecule has 0 amide bonds. The Hall–Kier alpha value is -3.07. The molecule has 1 unspecified atom stereocenters. The maximum atomic E-state index is 13.2. The van der Waals surface area contributed by atoms with Crippen molar-refractivity contribution < 1.29 is 23.1 Å². The zero-order chi connectivity index (χ0) is 22.2. The highest BCUT2D eigenvalue weighted by Crippen LogP contribution is 2.40. The number of carboxylic acid groups (broad SMARTS) is 1. The van der Waals surface area contributed by atoms with Crippen LogP contribution in [0.4, 0.5) is 5.69 Å². The molecule has 9 heteroatoms. The van der Waals surface area contributed by atoms with E-state index in [0.717, 1.165) is 11.3 Å². The zero-order valence-corrected chi connectivity index (χ0v) is 18.0. The van der Waals surface area contributed by atoms with E-state index in [9.17, 15) is 18.3 Å². The van der Waals surface area contributed by atoms with Crippen LogP contribution in [-0.2, 0) is 22.1 Å². The van der Waals surface area contributed by atoms with Crippen LogP contribution in [0, 0.1) is 0 Å². The lowest BCUT2D eigenvalue weighted by atomic mass is 9.95. The van der Waals surface area contributed by atoms with E-state index in [-0.39, 0.29) is 16.9 Å². The van der Waals surface area contributed by atoms with Crippen molar-refractivity contribution in [2.24, 2.45) is 0 Å². The Morgan fingerprint density at radius 1 is 1.10 bits per heavy atom. The highest BCUT2D eigenvalue weighted by atomic mass is 35.5. The summed E-state index contributed by atoms with van der Waals surface area (Å²) in [5, 5.41) is 13.0. The van der Waals surface area contributed by atoms with Crippen LogP contribution in [0.3, 0.4) is 0 Å². The SMILES string of the molecule is COc1ccc(S(=O)(=O)NC2(c3ccc(C(=O)O)cc3)Cc3cc(Cl)ccc3N2)cc1. The molecule has 0 radical (unpaired) electrons. The van der Waals surface area contributed by atoms with Gasteiger partial charge in [0, 0.05) is 17.1 Å². The lowest BCUT2D eigenvalue weighted by Gasteiger charge is -2.32. The standard InChI is InChI=1S/C22H19ClN2O5S/c1-30-18-7-9-19(10-8-18)31(28,29)25-22(16-4-2-14(3-5-16)21(26)27)13-15-12-17(23)6-11-20(15)24-22/h2-12,24-25H,13H2,1H3,(H,26,27). The Bertz CT molecular complexity index is 1240. The topological polar surface area (TPSA) is 105 Å². The van der Waals surface area contributed by atoms with E-state index in [1.54, 1.807) is 42.5 Å². The Balaban J connectivity index is 1.77. The van der Waals surface area contributed by atoms with Gasteiger partial charge in [0.2, 0.25) is 10.0 Å². The van der Waals surface area contributed by atoms with Crippen LogP contribution in [0.25, 0.3) is 0 Å². The van der Waals surface area contributed by atoms with Crippen LogP contribution in [0.1, 0.15) is 21.5 Å². The van der Waals surface area contributed by atoms with Gasteiger partial charge in [0.1, 0.15) is 11.4 Å². The van der Waals surface area contributed by atoms with E-state index in [0.29, 0.717) is 16.3 Å². The highest BCUT2D eigenvalue weighted by Gasteiger charge is 2.42. The molecule has 1 aliphatic rings. The lowest BCUT2D eigenvalue weighted by molar-refractivity contribution is 0.0696. The van der Waals surface area contributed by atoms with Crippen LogP contribution in [-0.4, -0.2) is 26.6 Å². The number of benzene rings is 3. The Labute approximate surface area is 184 Å². The number of nitrogens with one attached hydrogen (secondary N) is 2. The molecule has 0 aromatic heterocycles. The minimum Gasteiger partial charge on any atom is -0.497 e. The first-order valence-electron chi connectivity index (χ1n) is 9.31. The highest BCUT2D eigenvalue weighted by molar-refractivity contribution is 7.89. The summed E-state index contributed by atoms with van der Waals surface area (Å²) < 4.78 is 34.4. The van der Waals surface area contributed by atoms with E-state index in [2.05, 4.69) is 10.0 Å². The fourth-order valence-corrected chi connectivity index (χ4v) is 5.13. The Morgan fingerprint density at radius 3 is 2.39 bits per heavy atom. The number of ether oxygens (including phenoxy) is 1. The smallest absolute Gasteiger partial charge is 0.335 e. The van der Waals surface area contributed by atoms with Crippen molar-refractivity contribution in [3.63, 3.8) is 0 Å². The molecule has 0 saturated heterocycles. The number of hydrogen-bond acceptors (Lipinski definition) is 5. The monoisotopic (exact) mass is 458 g/mol. The largest absolute Gasteiger partial charge is 0.497 e. The molecule has 1 heterocycles. The van der Waals surface area contributed by atoms with Crippen molar-refractivity contribution in [2.45, 2.75) is 17.0 Å². The Morgan fingerprint density at radius 2 is 1.77 bits per heavy atom. The van der Waals surface area contributed by atoms with Crippen molar-refractivity contribution in [3.05, 3.63) is 88.4 Å². The third kappa shape index (κ3) is 4.10. The second-order valence-electron chi connectivity index (χ2n) is 7.17. The molecule has 7 nitrogen and oxygen atoms in total. The van der Waals surface area contributed by atoms with Gasteiger partial charge in [-0.05, 0) is 65.7 Å². The minimum absolute atomic E-state index is 0.0746. The number of rotatable bonds is 6.